The molecule has 4 nitrogen and oxygen atoms in total. The van der Waals surface area contributed by atoms with Crippen molar-refractivity contribution in [2.45, 2.75) is 26.7 Å². The minimum Gasteiger partial charge on any atom is -0.339 e. The summed E-state index contributed by atoms with van der Waals surface area (Å²) in [5.41, 5.74) is 1.57. The molecule has 1 aliphatic heterocycles. The van der Waals surface area contributed by atoms with E-state index in [1.54, 1.807) is 9.80 Å². The van der Waals surface area contributed by atoms with Gasteiger partial charge in [-0.15, -0.1) is 0 Å². The molecule has 19 heavy (non-hydrogen) atoms. The second-order valence-electron chi connectivity index (χ2n) is 4.67. The van der Waals surface area contributed by atoms with Crippen molar-refractivity contribution in [3.05, 3.63) is 29.8 Å². The molecule has 0 radical (unpaired) electrons. The van der Waals surface area contributed by atoms with Crippen molar-refractivity contribution in [3.63, 3.8) is 0 Å². The Labute approximate surface area is 114 Å². The largest absolute Gasteiger partial charge is 0.339 e. The third-order valence-corrected chi connectivity index (χ3v) is 3.55. The minimum absolute atomic E-state index is 0.0456. The van der Waals surface area contributed by atoms with Gasteiger partial charge in [0, 0.05) is 37.3 Å². The minimum atomic E-state index is 0.0456. The third-order valence-electron chi connectivity index (χ3n) is 3.55. The zero-order chi connectivity index (χ0) is 13.8. The van der Waals surface area contributed by atoms with Crippen molar-refractivity contribution in [2.24, 2.45) is 0 Å². The summed E-state index contributed by atoms with van der Waals surface area (Å²) in [6.45, 7) is 6.14. The van der Waals surface area contributed by atoms with Crippen LogP contribution in [0.5, 0.6) is 0 Å². The van der Waals surface area contributed by atoms with E-state index in [9.17, 15) is 9.59 Å². The molecule has 0 atom stereocenters. The number of nitrogens with zero attached hydrogens (tertiary/aromatic N) is 2. The Bertz CT molecular complexity index is 464. The summed E-state index contributed by atoms with van der Waals surface area (Å²) in [5, 5.41) is 0. The predicted octanol–water partition coefficient (Wildman–Crippen LogP) is 2.30. The Morgan fingerprint density at radius 3 is 2.32 bits per heavy atom. The highest BCUT2D eigenvalue weighted by atomic mass is 16.2. The van der Waals surface area contributed by atoms with Gasteiger partial charge in [0.15, 0.2) is 0 Å². The molecule has 0 aromatic heterocycles. The number of hydrogen-bond acceptors (Lipinski definition) is 2. The first-order chi connectivity index (χ1) is 9.17. The lowest BCUT2D eigenvalue weighted by Crippen LogP contribution is -2.30. The lowest BCUT2D eigenvalue weighted by atomic mass is 10.1. The summed E-state index contributed by atoms with van der Waals surface area (Å²) < 4.78 is 0. The van der Waals surface area contributed by atoms with E-state index in [0.717, 1.165) is 18.7 Å². The van der Waals surface area contributed by atoms with Crippen LogP contribution < -0.4 is 4.90 Å². The average Bonchev–Trinajstić information content (AvgIpc) is 2.86. The average molecular weight is 260 g/mol. The summed E-state index contributed by atoms with van der Waals surface area (Å²) >= 11 is 0. The van der Waals surface area contributed by atoms with Gasteiger partial charge in [0.1, 0.15) is 0 Å². The van der Waals surface area contributed by atoms with Gasteiger partial charge in [0.2, 0.25) is 5.91 Å². The number of amides is 2. The van der Waals surface area contributed by atoms with Gasteiger partial charge in [-0.25, -0.2) is 0 Å². The van der Waals surface area contributed by atoms with Crippen LogP contribution in [0.15, 0.2) is 24.3 Å². The third kappa shape index (κ3) is 2.78. The van der Waals surface area contributed by atoms with Gasteiger partial charge in [0.05, 0.1) is 0 Å². The maximum atomic E-state index is 12.1. The highest BCUT2D eigenvalue weighted by Crippen LogP contribution is 2.21. The van der Waals surface area contributed by atoms with Gasteiger partial charge in [-0.2, -0.15) is 0 Å². The van der Waals surface area contributed by atoms with Crippen LogP contribution >= 0.6 is 0 Å². The van der Waals surface area contributed by atoms with Crippen molar-refractivity contribution in [1.29, 1.82) is 0 Å². The number of benzene rings is 1. The van der Waals surface area contributed by atoms with Crippen LogP contribution in [0.3, 0.4) is 0 Å². The molecule has 2 rings (SSSR count). The molecule has 1 aliphatic rings. The molecular weight excluding hydrogens is 240 g/mol. The Hall–Kier alpha value is -1.84. The highest BCUT2D eigenvalue weighted by Gasteiger charge is 2.22. The quantitative estimate of drug-likeness (QED) is 0.833. The Balaban J connectivity index is 2.14. The van der Waals surface area contributed by atoms with Gasteiger partial charge in [0.25, 0.3) is 5.91 Å². The van der Waals surface area contributed by atoms with Crippen LogP contribution in [-0.2, 0) is 4.79 Å². The van der Waals surface area contributed by atoms with E-state index in [2.05, 4.69) is 0 Å². The molecule has 1 fully saturated rings. The van der Waals surface area contributed by atoms with Gasteiger partial charge < -0.3 is 9.80 Å². The zero-order valence-electron chi connectivity index (χ0n) is 11.6. The Kier molecular flexibility index (Phi) is 4.20. The first-order valence-corrected chi connectivity index (χ1v) is 6.87. The molecule has 0 aliphatic carbocycles. The van der Waals surface area contributed by atoms with E-state index >= 15 is 0 Å². The Morgan fingerprint density at radius 2 is 1.84 bits per heavy atom. The molecule has 4 heteroatoms. The fraction of sp³-hybridized carbons (Fsp3) is 0.467. The molecule has 102 valence electrons. The second-order valence-corrected chi connectivity index (χ2v) is 4.67. The lowest BCUT2D eigenvalue weighted by Gasteiger charge is -2.20. The van der Waals surface area contributed by atoms with Crippen molar-refractivity contribution in [2.75, 3.05) is 24.5 Å². The van der Waals surface area contributed by atoms with Crippen molar-refractivity contribution in [3.8, 4) is 0 Å². The molecule has 0 saturated carbocycles. The first kappa shape index (κ1) is 13.6. The van der Waals surface area contributed by atoms with Crippen molar-refractivity contribution >= 4 is 17.5 Å². The Morgan fingerprint density at radius 1 is 1.21 bits per heavy atom. The fourth-order valence-electron chi connectivity index (χ4n) is 2.40. The molecule has 1 heterocycles. The van der Waals surface area contributed by atoms with Crippen LogP contribution in [0, 0.1) is 0 Å². The molecule has 1 aromatic rings. The van der Waals surface area contributed by atoms with Gasteiger partial charge in [-0.1, -0.05) is 0 Å². The van der Waals surface area contributed by atoms with Crippen LogP contribution in [-0.4, -0.2) is 36.3 Å². The number of rotatable bonds is 4. The fourth-order valence-corrected chi connectivity index (χ4v) is 2.40. The topological polar surface area (TPSA) is 40.6 Å². The van der Waals surface area contributed by atoms with Crippen LogP contribution in [0.1, 0.15) is 37.0 Å². The van der Waals surface area contributed by atoms with Gasteiger partial charge in [-0.3, -0.25) is 9.59 Å². The van der Waals surface area contributed by atoms with Crippen molar-refractivity contribution < 1.29 is 9.59 Å². The van der Waals surface area contributed by atoms with Crippen molar-refractivity contribution in [1.82, 2.24) is 4.90 Å². The summed E-state index contributed by atoms with van der Waals surface area (Å²) in [7, 11) is 0. The predicted molar refractivity (Wildman–Crippen MR) is 75.3 cm³/mol. The van der Waals surface area contributed by atoms with E-state index in [4.69, 9.17) is 0 Å². The smallest absolute Gasteiger partial charge is 0.253 e. The number of carbonyl (C=O) groups is 2. The number of hydrogen-bond donors (Lipinski definition) is 0. The monoisotopic (exact) mass is 260 g/mol. The molecular formula is C15H20N2O2. The maximum Gasteiger partial charge on any atom is 0.253 e. The molecule has 0 spiro atoms. The zero-order valence-corrected chi connectivity index (χ0v) is 11.6. The summed E-state index contributed by atoms with van der Waals surface area (Å²) in [6, 6.07) is 7.34. The molecule has 1 aromatic carbocycles. The molecule has 0 N–H and O–H groups in total. The lowest BCUT2D eigenvalue weighted by molar-refractivity contribution is -0.117. The van der Waals surface area contributed by atoms with Gasteiger partial charge >= 0.3 is 0 Å². The van der Waals surface area contributed by atoms with Crippen LogP contribution in [0.2, 0.25) is 0 Å². The highest BCUT2D eigenvalue weighted by molar-refractivity contribution is 5.97. The van der Waals surface area contributed by atoms with Crippen LogP contribution in [0.4, 0.5) is 5.69 Å². The first-order valence-electron chi connectivity index (χ1n) is 6.87. The molecule has 0 bridgehead atoms. The normalized spacial score (nSPS) is 14.8. The summed E-state index contributed by atoms with van der Waals surface area (Å²) in [5.74, 6) is 0.215. The van der Waals surface area contributed by atoms with E-state index in [0.29, 0.717) is 25.1 Å². The SMILES string of the molecule is CCN(CC)C(=O)c1ccc(N2CCCC2=O)cc1. The van der Waals surface area contributed by atoms with Crippen LogP contribution in [0.25, 0.3) is 0 Å². The van der Waals surface area contributed by atoms with E-state index < -0.39 is 0 Å². The molecule has 0 unspecified atom stereocenters. The maximum absolute atomic E-state index is 12.1. The van der Waals surface area contributed by atoms with E-state index in [-0.39, 0.29) is 11.8 Å². The van der Waals surface area contributed by atoms with E-state index in [1.807, 2.05) is 38.1 Å². The second kappa shape index (κ2) is 5.87. The van der Waals surface area contributed by atoms with Gasteiger partial charge in [-0.05, 0) is 44.5 Å². The molecule has 2 amide bonds. The standard InChI is InChI=1S/C15H20N2O2/c1-3-16(4-2)15(19)12-7-9-13(10-8-12)17-11-5-6-14(17)18/h7-10H,3-6,11H2,1-2H3. The number of anilines is 1. The summed E-state index contributed by atoms with van der Waals surface area (Å²) in [6.07, 6.45) is 1.54. The summed E-state index contributed by atoms with van der Waals surface area (Å²) in [4.78, 5) is 27.4. The molecule has 1 saturated heterocycles. The number of carbonyl (C=O) groups excluding carboxylic acids is 2. The van der Waals surface area contributed by atoms with E-state index in [1.165, 1.54) is 0 Å².